The van der Waals surface area contributed by atoms with Crippen LogP contribution in [0.5, 0.6) is 0 Å². The number of ether oxygens (including phenoxy) is 3. The first-order chi connectivity index (χ1) is 9.61. The Labute approximate surface area is 126 Å². The van der Waals surface area contributed by atoms with Crippen LogP contribution in [-0.2, 0) is 14.2 Å². The van der Waals surface area contributed by atoms with Crippen molar-refractivity contribution >= 4 is 0 Å². The average molecular weight is 288 g/mol. The van der Waals surface area contributed by atoms with Crippen LogP contribution in [-0.4, -0.2) is 38.1 Å². The normalized spacial score (nSPS) is 16.1. The molecule has 0 bridgehead atoms. The summed E-state index contributed by atoms with van der Waals surface area (Å²) >= 11 is 0. The van der Waals surface area contributed by atoms with Crippen LogP contribution in [0.1, 0.15) is 73.1 Å². The Morgan fingerprint density at radius 2 is 1.75 bits per heavy atom. The quantitative estimate of drug-likeness (QED) is 0.438. The Kier molecular flexibility index (Phi) is 12.5. The molecule has 2 atom stereocenters. The van der Waals surface area contributed by atoms with Crippen molar-refractivity contribution < 1.29 is 14.2 Å². The molecule has 122 valence electrons. The predicted molar refractivity (Wildman–Crippen MR) is 85.3 cm³/mol. The van der Waals surface area contributed by atoms with E-state index in [1.807, 2.05) is 6.92 Å². The van der Waals surface area contributed by atoms with Crippen LogP contribution >= 0.6 is 0 Å². The molecule has 0 aromatic heterocycles. The number of rotatable bonds is 14. The molecule has 0 aliphatic rings. The third kappa shape index (κ3) is 9.73. The zero-order valence-electron chi connectivity index (χ0n) is 14.4. The van der Waals surface area contributed by atoms with Gasteiger partial charge in [-0.15, -0.1) is 0 Å². The van der Waals surface area contributed by atoms with E-state index in [0.29, 0.717) is 0 Å². The van der Waals surface area contributed by atoms with E-state index in [2.05, 4.69) is 27.7 Å². The van der Waals surface area contributed by atoms with Crippen molar-refractivity contribution in [3.8, 4) is 0 Å². The molecule has 0 N–H and O–H groups in total. The summed E-state index contributed by atoms with van der Waals surface area (Å²) in [6.45, 7) is 13.8. The summed E-state index contributed by atoms with van der Waals surface area (Å²) < 4.78 is 17.4. The van der Waals surface area contributed by atoms with Crippen LogP contribution in [0.15, 0.2) is 0 Å². The first-order valence-corrected chi connectivity index (χ1v) is 8.45. The first-order valence-electron chi connectivity index (χ1n) is 8.45. The molecule has 0 aliphatic heterocycles. The number of hydrogen-bond acceptors (Lipinski definition) is 3. The van der Waals surface area contributed by atoms with E-state index in [1.54, 1.807) is 0 Å². The highest BCUT2D eigenvalue weighted by atomic mass is 16.5. The van der Waals surface area contributed by atoms with Gasteiger partial charge in [-0.3, -0.25) is 0 Å². The molecular weight excluding hydrogens is 252 g/mol. The third-order valence-electron chi connectivity index (χ3n) is 3.88. The van der Waals surface area contributed by atoms with Gasteiger partial charge in [0.1, 0.15) is 0 Å². The highest BCUT2D eigenvalue weighted by Gasteiger charge is 2.22. The Hall–Kier alpha value is -0.120. The summed E-state index contributed by atoms with van der Waals surface area (Å²) in [5, 5.41) is 0. The zero-order chi connectivity index (χ0) is 15.3. The van der Waals surface area contributed by atoms with Gasteiger partial charge in [-0.1, -0.05) is 33.6 Å². The smallest absolute Gasteiger partial charge is 0.0805 e. The fourth-order valence-electron chi connectivity index (χ4n) is 2.09. The molecule has 0 spiro atoms. The molecule has 0 heterocycles. The van der Waals surface area contributed by atoms with E-state index in [0.717, 1.165) is 52.1 Å². The van der Waals surface area contributed by atoms with E-state index in [1.165, 1.54) is 12.8 Å². The van der Waals surface area contributed by atoms with E-state index in [-0.39, 0.29) is 11.7 Å². The van der Waals surface area contributed by atoms with Gasteiger partial charge >= 0.3 is 0 Å². The van der Waals surface area contributed by atoms with Crippen molar-refractivity contribution in [1.29, 1.82) is 0 Å². The second kappa shape index (κ2) is 12.6. The Morgan fingerprint density at radius 1 is 1.00 bits per heavy atom. The second-order valence-corrected chi connectivity index (χ2v) is 5.67. The van der Waals surface area contributed by atoms with E-state index in [4.69, 9.17) is 14.2 Å². The molecule has 20 heavy (non-hydrogen) atoms. The van der Waals surface area contributed by atoms with Crippen molar-refractivity contribution in [2.75, 3.05) is 26.4 Å². The molecular formula is C17H36O3. The van der Waals surface area contributed by atoms with Crippen molar-refractivity contribution in [3.05, 3.63) is 0 Å². The predicted octanol–water partition coefficient (Wildman–Crippen LogP) is 4.58. The summed E-state index contributed by atoms with van der Waals surface area (Å²) in [6.07, 6.45) is 6.85. The molecule has 0 rings (SSSR count). The Morgan fingerprint density at radius 3 is 2.30 bits per heavy atom. The van der Waals surface area contributed by atoms with Gasteiger partial charge in [0.05, 0.1) is 18.3 Å². The van der Waals surface area contributed by atoms with Gasteiger partial charge in [-0.2, -0.15) is 0 Å². The lowest BCUT2D eigenvalue weighted by Gasteiger charge is -2.29. The zero-order valence-corrected chi connectivity index (χ0v) is 14.4. The van der Waals surface area contributed by atoms with E-state index in [9.17, 15) is 0 Å². The van der Waals surface area contributed by atoms with E-state index < -0.39 is 0 Å². The maximum atomic E-state index is 5.94. The van der Waals surface area contributed by atoms with Crippen molar-refractivity contribution in [3.63, 3.8) is 0 Å². The maximum absolute atomic E-state index is 5.94. The second-order valence-electron chi connectivity index (χ2n) is 5.67. The Balaban J connectivity index is 3.77. The molecule has 0 saturated carbocycles. The molecule has 2 unspecified atom stereocenters. The van der Waals surface area contributed by atoms with Gasteiger partial charge in [-0.25, -0.2) is 0 Å². The molecule has 0 fully saturated rings. The fourth-order valence-corrected chi connectivity index (χ4v) is 2.09. The minimum absolute atomic E-state index is 0.0466. The van der Waals surface area contributed by atoms with E-state index >= 15 is 0 Å². The van der Waals surface area contributed by atoms with Crippen LogP contribution in [0.3, 0.4) is 0 Å². The van der Waals surface area contributed by atoms with Crippen LogP contribution < -0.4 is 0 Å². The van der Waals surface area contributed by atoms with Gasteiger partial charge in [-0.05, 0) is 39.5 Å². The number of unbranched alkanes of at least 4 members (excludes halogenated alkanes) is 2. The van der Waals surface area contributed by atoms with Gasteiger partial charge < -0.3 is 14.2 Å². The van der Waals surface area contributed by atoms with Crippen LogP contribution in [0.4, 0.5) is 0 Å². The maximum Gasteiger partial charge on any atom is 0.0805 e. The summed E-state index contributed by atoms with van der Waals surface area (Å²) in [5.74, 6) is 0. The van der Waals surface area contributed by atoms with Crippen molar-refractivity contribution in [1.82, 2.24) is 0 Å². The standard InChI is InChI=1S/C17H36O3/c1-6-10-11-13-18-15-16(7-2)19-14-12-17(5,8-3)20-9-4/h16H,6-15H2,1-5H3. The monoisotopic (exact) mass is 288 g/mol. The number of hydrogen-bond donors (Lipinski definition) is 0. The van der Waals surface area contributed by atoms with Crippen molar-refractivity contribution in [2.24, 2.45) is 0 Å². The minimum Gasteiger partial charge on any atom is -0.379 e. The van der Waals surface area contributed by atoms with Gasteiger partial charge in [0, 0.05) is 19.8 Å². The SMILES string of the molecule is CCCCCOCC(CC)OCCC(C)(CC)OCC. The summed E-state index contributed by atoms with van der Waals surface area (Å²) in [4.78, 5) is 0. The molecule has 0 amide bonds. The van der Waals surface area contributed by atoms with Crippen LogP contribution in [0.2, 0.25) is 0 Å². The van der Waals surface area contributed by atoms with Gasteiger partial charge in [0.25, 0.3) is 0 Å². The van der Waals surface area contributed by atoms with Gasteiger partial charge in [0.15, 0.2) is 0 Å². The fraction of sp³-hybridized carbons (Fsp3) is 1.00. The lowest BCUT2D eigenvalue weighted by molar-refractivity contribution is -0.0721. The third-order valence-corrected chi connectivity index (χ3v) is 3.88. The molecule has 0 aromatic carbocycles. The van der Waals surface area contributed by atoms with Crippen LogP contribution in [0.25, 0.3) is 0 Å². The first kappa shape index (κ1) is 19.9. The largest absolute Gasteiger partial charge is 0.379 e. The minimum atomic E-state index is -0.0466. The Bertz CT molecular complexity index is 208. The van der Waals surface area contributed by atoms with Crippen molar-refractivity contribution in [2.45, 2.75) is 84.8 Å². The average Bonchev–Trinajstić information content (AvgIpc) is 2.45. The lowest BCUT2D eigenvalue weighted by Crippen LogP contribution is -2.31. The van der Waals surface area contributed by atoms with Crippen LogP contribution in [0, 0.1) is 0 Å². The molecule has 0 aromatic rings. The van der Waals surface area contributed by atoms with Gasteiger partial charge in [0.2, 0.25) is 0 Å². The molecule has 3 heteroatoms. The topological polar surface area (TPSA) is 27.7 Å². The summed E-state index contributed by atoms with van der Waals surface area (Å²) in [6, 6.07) is 0. The highest BCUT2D eigenvalue weighted by molar-refractivity contribution is 4.73. The molecule has 0 radical (unpaired) electrons. The summed E-state index contributed by atoms with van der Waals surface area (Å²) in [7, 11) is 0. The lowest BCUT2D eigenvalue weighted by atomic mass is 9.99. The summed E-state index contributed by atoms with van der Waals surface area (Å²) in [5.41, 5.74) is -0.0466. The molecule has 0 saturated heterocycles. The highest BCUT2D eigenvalue weighted by Crippen LogP contribution is 2.20. The molecule has 3 nitrogen and oxygen atoms in total. The molecule has 0 aliphatic carbocycles.